The van der Waals surface area contributed by atoms with Crippen LogP contribution in [-0.2, 0) is 53.9 Å². The Labute approximate surface area is 137 Å². The van der Waals surface area contributed by atoms with Crippen molar-refractivity contribution in [2.75, 3.05) is 0 Å². The molecular weight excluding hydrogens is 360 g/mol. The van der Waals surface area contributed by atoms with E-state index in [9.17, 15) is 0 Å². The largest absolute Gasteiger partial charge is 3.00 e. The minimum atomic E-state index is -1.08. The SMILES string of the molecule is CC(=O)[O-].CC(=O)[O-].CC(=O)[O-].CC(=O)[O-].O.O.[Cr+3].[Cr+3]. The van der Waals surface area contributed by atoms with Gasteiger partial charge < -0.3 is 50.6 Å². The molecule has 0 bridgehead atoms. The van der Waals surface area contributed by atoms with E-state index < -0.39 is 23.9 Å². The first kappa shape index (κ1) is 51.0. The summed E-state index contributed by atoms with van der Waals surface area (Å²) in [7, 11) is 0. The number of carbonyl (C=O) groups is 4. The molecule has 0 aromatic rings. The van der Waals surface area contributed by atoms with Crippen LogP contribution in [0.4, 0.5) is 0 Å². The van der Waals surface area contributed by atoms with E-state index >= 15 is 0 Å². The van der Waals surface area contributed by atoms with Crippen molar-refractivity contribution in [1.82, 2.24) is 0 Å². The monoisotopic (exact) mass is 376 g/mol. The van der Waals surface area contributed by atoms with Gasteiger partial charge in [-0.05, 0) is 27.7 Å². The number of carboxylic acids is 4. The first-order valence-corrected chi connectivity index (χ1v) is 3.63. The second-order valence-electron chi connectivity index (χ2n) is 1.97. The van der Waals surface area contributed by atoms with Crippen LogP contribution in [0, 0.1) is 0 Å². The third-order valence-corrected chi connectivity index (χ3v) is 0. The molecule has 0 unspecified atom stereocenters. The molecule has 0 saturated heterocycles. The molecule has 0 rings (SSSR count). The molecule has 0 aliphatic heterocycles. The molecule has 10 nitrogen and oxygen atoms in total. The van der Waals surface area contributed by atoms with E-state index in [2.05, 4.69) is 0 Å². The molecule has 0 spiro atoms. The van der Waals surface area contributed by atoms with Gasteiger partial charge in [-0.25, -0.2) is 0 Å². The van der Waals surface area contributed by atoms with Crippen LogP contribution in [0.2, 0.25) is 0 Å². The summed E-state index contributed by atoms with van der Waals surface area (Å²) in [6, 6.07) is 0. The van der Waals surface area contributed by atoms with Crippen LogP contribution >= 0.6 is 0 Å². The minimum Gasteiger partial charge on any atom is -0.550 e. The van der Waals surface area contributed by atoms with Crippen molar-refractivity contribution in [2.24, 2.45) is 0 Å². The molecule has 0 aliphatic rings. The number of hydrogen-bond donors (Lipinski definition) is 0. The average molecular weight is 376 g/mol. The molecule has 0 amide bonds. The summed E-state index contributed by atoms with van der Waals surface area (Å²) >= 11 is 0. The van der Waals surface area contributed by atoms with E-state index in [0.29, 0.717) is 0 Å². The first-order valence-electron chi connectivity index (χ1n) is 3.63. The topological polar surface area (TPSA) is 224 Å². The van der Waals surface area contributed by atoms with Crippen molar-refractivity contribution in [3.8, 4) is 0 Å². The molecule has 0 aromatic heterocycles. The molecule has 0 atom stereocenters. The fourth-order valence-electron chi connectivity index (χ4n) is 0. The predicted molar refractivity (Wildman–Crippen MR) is 50.0 cm³/mol. The van der Waals surface area contributed by atoms with Crippen molar-refractivity contribution in [3.63, 3.8) is 0 Å². The van der Waals surface area contributed by atoms with Crippen molar-refractivity contribution >= 4 is 23.9 Å². The third kappa shape index (κ3) is 3290. The van der Waals surface area contributed by atoms with E-state index in [1.165, 1.54) is 0 Å². The first-order chi connectivity index (χ1) is 6.93. The van der Waals surface area contributed by atoms with Gasteiger partial charge in [-0.1, -0.05) is 0 Å². The molecule has 0 aliphatic carbocycles. The van der Waals surface area contributed by atoms with Crippen LogP contribution in [0.1, 0.15) is 27.7 Å². The summed E-state index contributed by atoms with van der Waals surface area (Å²) in [5.41, 5.74) is 0. The van der Waals surface area contributed by atoms with Crippen LogP contribution in [0.15, 0.2) is 0 Å². The van der Waals surface area contributed by atoms with E-state index in [1.807, 2.05) is 0 Å². The number of hydrogen-bond acceptors (Lipinski definition) is 8. The molecule has 4 N–H and O–H groups in total. The summed E-state index contributed by atoms with van der Waals surface area (Å²) in [6.07, 6.45) is 0. The standard InChI is InChI=1S/4C2H4O2.2Cr.2H2O/c4*1-2(3)4;;;;/h4*1H3,(H,3,4);;;2*1H2/q;;;;2*+3;;/p-4. The Balaban J connectivity index is -0.0000000150. The molecule has 118 valence electrons. The van der Waals surface area contributed by atoms with Gasteiger partial charge in [-0.3, -0.25) is 0 Å². The maximum Gasteiger partial charge on any atom is 3.00 e. The number of carbonyl (C=O) groups excluding carboxylic acids is 4. The Morgan fingerprint density at radius 2 is 0.500 bits per heavy atom. The van der Waals surface area contributed by atoms with Crippen LogP contribution < -0.4 is 20.4 Å². The van der Waals surface area contributed by atoms with E-state index in [-0.39, 0.29) is 45.7 Å². The van der Waals surface area contributed by atoms with Crippen LogP contribution in [0.25, 0.3) is 0 Å². The molecule has 0 aromatic carbocycles. The van der Waals surface area contributed by atoms with Crippen molar-refractivity contribution in [1.29, 1.82) is 0 Å². The molecule has 0 fully saturated rings. The van der Waals surface area contributed by atoms with Gasteiger partial charge in [0.25, 0.3) is 0 Å². The summed E-state index contributed by atoms with van der Waals surface area (Å²) in [5, 5.41) is 35.6. The minimum absolute atomic E-state index is 0. The smallest absolute Gasteiger partial charge is 0.550 e. The van der Waals surface area contributed by atoms with Crippen LogP contribution in [0.5, 0.6) is 0 Å². The Morgan fingerprint density at radius 3 is 0.500 bits per heavy atom. The van der Waals surface area contributed by atoms with Gasteiger partial charge >= 0.3 is 34.7 Å². The maximum absolute atomic E-state index is 8.89. The second kappa shape index (κ2) is 43.0. The van der Waals surface area contributed by atoms with Crippen molar-refractivity contribution in [3.05, 3.63) is 0 Å². The zero-order valence-electron chi connectivity index (χ0n) is 11.1. The van der Waals surface area contributed by atoms with Gasteiger partial charge in [-0.15, -0.1) is 0 Å². The van der Waals surface area contributed by atoms with Gasteiger partial charge in [0, 0.05) is 23.9 Å². The number of rotatable bonds is 0. The Hall–Kier alpha value is -1.14. The van der Waals surface area contributed by atoms with E-state index in [4.69, 9.17) is 39.6 Å². The number of carboxylic acid groups (broad SMARTS) is 4. The normalized spacial score (nSPS) is 5.00. The zero-order chi connectivity index (χ0) is 14.3. The Bertz CT molecular complexity index is 167. The summed E-state index contributed by atoms with van der Waals surface area (Å²) in [4.78, 5) is 35.6. The maximum atomic E-state index is 8.89. The second-order valence-corrected chi connectivity index (χ2v) is 1.97. The van der Waals surface area contributed by atoms with Crippen molar-refractivity contribution < 1.29 is 85.3 Å². The van der Waals surface area contributed by atoms with Crippen LogP contribution in [-0.4, -0.2) is 34.8 Å². The molecule has 0 heterocycles. The third-order valence-electron chi connectivity index (χ3n) is 0. The van der Waals surface area contributed by atoms with Gasteiger partial charge in [0.05, 0.1) is 0 Å². The Morgan fingerprint density at radius 1 is 0.500 bits per heavy atom. The van der Waals surface area contributed by atoms with Gasteiger partial charge in [0.1, 0.15) is 0 Å². The zero-order valence-corrected chi connectivity index (χ0v) is 13.6. The quantitative estimate of drug-likeness (QED) is 0.394. The number of aliphatic carboxylic acids is 4. The summed E-state index contributed by atoms with van der Waals surface area (Å²) in [6.45, 7) is 3.89. The van der Waals surface area contributed by atoms with E-state index in [1.54, 1.807) is 0 Å². The average Bonchev–Trinajstić information content (AvgIpc) is 1.76. The summed E-state index contributed by atoms with van der Waals surface area (Å²) in [5.74, 6) is -4.33. The van der Waals surface area contributed by atoms with Crippen molar-refractivity contribution in [2.45, 2.75) is 27.7 Å². The molecule has 20 heavy (non-hydrogen) atoms. The van der Waals surface area contributed by atoms with E-state index in [0.717, 1.165) is 27.7 Å². The molecule has 0 saturated carbocycles. The van der Waals surface area contributed by atoms with Crippen LogP contribution in [0.3, 0.4) is 0 Å². The van der Waals surface area contributed by atoms with Gasteiger partial charge in [0.15, 0.2) is 0 Å². The predicted octanol–water partition coefficient (Wildman–Crippen LogP) is -6.63. The summed E-state index contributed by atoms with van der Waals surface area (Å²) < 4.78 is 0. The molecule has 12 heteroatoms. The Kier molecular flexibility index (Phi) is 110. The fraction of sp³-hybridized carbons (Fsp3) is 0.500. The van der Waals surface area contributed by atoms with Gasteiger partial charge in [0.2, 0.25) is 0 Å². The molecular formula is C8H16Cr2O10+2. The van der Waals surface area contributed by atoms with Gasteiger partial charge in [-0.2, -0.15) is 0 Å². The molecule has 2 radical (unpaired) electrons. The fourth-order valence-corrected chi connectivity index (χ4v) is 0.